The van der Waals surface area contributed by atoms with Crippen molar-refractivity contribution in [3.05, 3.63) is 51.7 Å². The van der Waals surface area contributed by atoms with Crippen molar-refractivity contribution in [1.82, 2.24) is 5.32 Å². The topological polar surface area (TPSA) is 38.0 Å². The number of benzene rings is 1. The van der Waals surface area contributed by atoms with Crippen LogP contribution in [0.3, 0.4) is 0 Å². The quantitative estimate of drug-likeness (QED) is 0.822. The minimum absolute atomic E-state index is 0.434. The van der Waals surface area contributed by atoms with E-state index >= 15 is 0 Å². The lowest BCUT2D eigenvalue weighted by atomic mass is 9.99. The molecule has 2 aromatic rings. The molecule has 1 aliphatic rings. The second-order valence-electron chi connectivity index (χ2n) is 5.95. The Balaban J connectivity index is 1.82. The zero-order valence-corrected chi connectivity index (χ0v) is 12.9. The van der Waals surface area contributed by atoms with Gasteiger partial charge in [-0.15, -0.1) is 11.3 Å². The molecular weight excluding hydrogens is 264 g/mol. The maximum absolute atomic E-state index is 5.88. The number of aryl methyl sites for hydroxylation is 1. The van der Waals surface area contributed by atoms with Crippen molar-refractivity contribution in [2.75, 3.05) is 5.73 Å². The molecule has 3 rings (SSSR count). The van der Waals surface area contributed by atoms with Crippen LogP contribution in [-0.2, 0) is 6.42 Å². The van der Waals surface area contributed by atoms with Gasteiger partial charge in [0.2, 0.25) is 0 Å². The van der Waals surface area contributed by atoms with Gasteiger partial charge in [0.25, 0.3) is 0 Å². The average molecular weight is 286 g/mol. The second-order valence-corrected chi connectivity index (χ2v) is 6.93. The van der Waals surface area contributed by atoms with Crippen LogP contribution in [0, 0.1) is 5.92 Å². The molecule has 0 bridgehead atoms. The highest BCUT2D eigenvalue weighted by atomic mass is 32.1. The zero-order valence-electron chi connectivity index (χ0n) is 12.1. The molecule has 1 aromatic heterocycles. The monoisotopic (exact) mass is 286 g/mol. The van der Waals surface area contributed by atoms with E-state index in [1.165, 1.54) is 22.4 Å². The van der Waals surface area contributed by atoms with Gasteiger partial charge in [0.05, 0.1) is 0 Å². The Morgan fingerprint density at radius 2 is 2.15 bits per heavy atom. The van der Waals surface area contributed by atoms with Crippen molar-refractivity contribution in [2.45, 2.75) is 38.8 Å². The largest absolute Gasteiger partial charge is 0.399 e. The number of nitrogens with one attached hydrogen (secondary N) is 1. The summed E-state index contributed by atoms with van der Waals surface area (Å²) in [6, 6.07) is 11.6. The molecule has 1 aromatic carbocycles. The summed E-state index contributed by atoms with van der Waals surface area (Å²) in [6.07, 6.45) is 2.31. The molecule has 2 nitrogen and oxygen atoms in total. The molecule has 0 saturated carbocycles. The summed E-state index contributed by atoms with van der Waals surface area (Å²) in [5, 5.41) is 6.03. The molecule has 1 heterocycles. The molecule has 3 N–H and O–H groups in total. The fourth-order valence-electron chi connectivity index (χ4n) is 3.10. The fourth-order valence-corrected chi connectivity index (χ4v) is 4.06. The first-order chi connectivity index (χ1) is 9.65. The molecule has 0 fully saturated rings. The van der Waals surface area contributed by atoms with Gasteiger partial charge in [-0.3, -0.25) is 0 Å². The normalized spacial score (nSPS) is 19.2. The van der Waals surface area contributed by atoms with E-state index in [2.05, 4.69) is 48.8 Å². The van der Waals surface area contributed by atoms with Crippen LogP contribution in [0.25, 0.3) is 0 Å². The van der Waals surface area contributed by atoms with Gasteiger partial charge in [-0.05, 0) is 53.5 Å². The van der Waals surface area contributed by atoms with E-state index in [4.69, 9.17) is 5.73 Å². The molecule has 20 heavy (non-hydrogen) atoms. The standard InChI is InChI=1S/C17H22N2S/c1-11(2)17(16-4-3-9-20-16)19-15-8-5-12-10-13(18)6-7-14(12)15/h3-4,6-7,9-11,15,17,19H,5,8,18H2,1-2H3. The van der Waals surface area contributed by atoms with E-state index in [1.54, 1.807) is 0 Å². The number of nitrogen functional groups attached to an aromatic ring is 1. The number of fused-ring (bicyclic) bond motifs is 1. The molecule has 0 aliphatic heterocycles. The minimum atomic E-state index is 0.434. The van der Waals surface area contributed by atoms with Gasteiger partial charge in [0.1, 0.15) is 0 Å². The maximum Gasteiger partial charge on any atom is 0.0442 e. The average Bonchev–Trinajstić information content (AvgIpc) is 3.04. The number of anilines is 1. The third-order valence-electron chi connectivity index (χ3n) is 4.14. The Labute approximate surface area is 125 Å². The van der Waals surface area contributed by atoms with Gasteiger partial charge in [-0.1, -0.05) is 26.0 Å². The van der Waals surface area contributed by atoms with Crippen molar-refractivity contribution in [1.29, 1.82) is 0 Å². The summed E-state index contributed by atoms with van der Waals surface area (Å²) in [5.74, 6) is 0.589. The summed E-state index contributed by atoms with van der Waals surface area (Å²) in [6.45, 7) is 4.58. The highest BCUT2D eigenvalue weighted by molar-refractivity contribution is 7.10. The molecule has 3 heteroatoms. The van der Waals surface area contributed by atoms with Crippen LogP contribution < -0.4 is 11.1 Å². The Hall–Kier alpha value is -1.32. The summed E-state index contributed by atoms with van der Waals surface area (Å²) >= 11 is 1.84. The van der Waals surface area contributed by atoms with Crippen LogP contribution >= 0.6 is 11.3 Å². The highest BCUT2D eigenvalue weighted by Crippen LogP contribution is 2.36. The molecule has 2 atom stereocenters. The molecule has 0 radical (unpaired) electrons. The van der Waals surface area contributed by atoms with Gasteiger partial charge in [0.15, 0.2) is 0 Å². The lowest BCUT2D eigenvalue weighted by molar-refractivity contribution is 0.366. The van der Waals surface area contributed by atoms with Gasteiger partial charge in [-0.2, -0.15) is 0 Å². The van der Waals surface area contributed by atoms with Gasteiger partial charge < -0.3 is 11.1 Å². The summed E-state index contributed by atoms with van der Waals surface area (Å²) in [5.41, 5.74) is 9.61. The number of rotatable bonds is 4. The Bertz CT molecular complexity index is 575. The van der Waals surface area contributed by atoms with Crippen molar-refractivity contribution < 1.29 is 0 Å². The fraction of sp³-hybridized carbons (Fsp3) is 0.412. The number of hydrogen-bond donors (Lipinski definition) is 2. The summed E-state index contributed by atoms with van der Waals surface area (Å²) in [4.78, 5) is 1.43. The minimum Gasteiger partial charge on any atom is -0.399 e. The Morgan fingerprint density at radius 1 is 1.30 bits per heavy atom. The van der Waals surface area contributed by atoms with E-state index in [0.29, 0.717) is 18.0 Å². The third kappa shape index (κ3) is 2.60. The van der Waals surface area contributed by atoms with Crippen molar-refractivity contribution in [3.8, 4) is 0 Å². The van der Waals surface area contributed by atoms with Crippen molar-refractivity contribution >= 4 is 17.0 Å². The Morgan fingerprint density at radius 3 is 2.85 bits per heavy atom. The number of thiophene rings is 1. The van der Waals surface area contributed by atoms with Crippen LogP contribution in [0.1, 0.15) is 48.4 Å². The number of hydrogen-bond acceptors (Lipinski definition) is 3. The predicted molar refractivity (Wildman–Crippen MR) is 87.0 cm³/mol. The predicted octanol–water partition coefficient (Wildman–Crippen LogP) is 4.30. The third-order valence-corrected chi connectivity index (χ3v) is 5.10. The van der Waals surface area contributed by atoms with E-state index < -0.39 is 0 Å². The molecule has 0 spiro atoms. The van der Waals surface area contributed by atoms with E-state index in [0.717, 1.165) is 12.1 Å². The molecule has 2 unspecified atom stereocenters. The molecular formula is C17H22N2S. The van der Waals surface area contributed by atoms with E-state index in [9.17, 15) is 0 Å². The van der Waals surface area contributed by atoms with Gasteiger partial charge in [-0.25, -0.2) is 0 Å². The molecule has 1 aliphatic carbocycles. The maximum atomic E-state index is 5.88. The smallest absolute Gasteiger partial charge is 0.0442 e. The second kappa shape index (κ2) is 5.58. The van der Waals surface area contributed by atoms with E-state index in [1.807, 2.05) is 17.4 Å². The summed E-state index contributed by atoms with van der Waals surface area (Å²) in [7, 11) is 0. The first-order valence-electron chi connectivity index (χ1n) is 7.33. The lowest BCUT2D eigenvalue weighted by Gasteiger charge is -2.26. The van der Waals surface area contributed by atoms with Crippen LogP contribution in [0.5, 0.6) is 0 Å². The van der Waals surface area contributed by atoms with Crippen LogP contribution in [0.15, 0.2) is 35.7 Å². The van der Waals surface area contributed by atoms with E-state index in [-0.39, 0.29) is 0 Å². The highest BCUT2D eigenvalue weighted by Gasteiger charge is 2.27. The summed E-state index contributed by atoms with van der Waals surface area (Å²) < 4.78 is 0. The van der Waals surface area contributed by atoms with Gasteiger partial charge >= 0.3 is 0 Å². The lowest BCUT2D eigenvalue weighted by Crippen LogP contribution is -2.28. The Kier molecular flexibility index (Phi) is 3.81. The SMILES string of the molecule is CC(C)C(NC1CCc2cc(N)ccc21)c1cccs1. The van der Waals surface area contributed by atoms with Crippen molar-refractivity contribution in [2.24, 2.45) is 5.92 Å². The van der Waals surface area contributed by atoms with Crippen molar-refractivity contribution in [3.63, 3.8) is 0 Å². The van der Waals surface area contributed by atoms with Crippen LogP contribution in [0.2, 0.25) is 0 Å². The first-order valence-corrected chi connectivity index (χ1v) is 8.21. The molecule has 0 amide bonds. The van der Waals surface area contributed by atoms with Crippen LogP contribution in [0.4, 0.5) is 5.69 Å². The van der Waals surface area contributed by atoms with Gasteiger partial charge in [0, 0.05) is 22.6 Å². The van der Waals surface area contributed by atoms with Crippen LogP contribution in [-0.4, -0.2) is 0 Å². The zero-order chi connectivity index (χ0) is 14.1. The molecule has 106 valence electrons. The number of nitrogens with two attached hydrogens (primary N) is 1. The first kappa shape index (κ1) is 13.7. The molecule has 0 saturated heterocycles.